The van der Waals surface area contributed by atoms with Crippen LogP contribution in [0.2, 0.25) is 0 Å². The lowest BCUT2D eigenvalue weighted by Crippen LogP contribution is -2.02. The van der Waals surface area contributed by atoms with E-state index in [1.54, 1.807) is 12.1 Å². The smallest absolute Gasteiger partial charge is 0.338 e. The van der Waals surface area contributed by atoms with Gasteiger partial charge in [0.1, 0.15) is 0 Å². The average molecular weight is 149 g/mol. The summed E-state index contributed by atoms with van der Waals surface area (Å²) in [5, 5.41) is 0. The summed E-state index contributed by atoms with van der Waals surface area (Å²) in [5.74, 6) is -0.306. The Morgan fingerprint density at radius 1 is 1.64 bits per heavy atom. The van der Waals surface area contributed by atoms with Gasteiger partial charge in [0.2, 0.25) is 0 Å². The van der Waals surface area contributed by atoms with Gasteiger partial charge in [-0.25, -0.2) is 4.79 Å². The maximum absolute atomic E-state index is 11.0. The van der Waals surface area contributed by atoms with Gasteiger partial charge in [-0.1, -0.05) is 12.1 Å². The Kier molecular flexibility index (Phi) is 2.26. The number of hydrogen-bond acceptors (Lipinski definition) is 2. The molecular formula is C9H9O2. The van der Waals surface area contributed by atoms with E-state index in [4.69, 9.17) is 0 Å². The van der Waals surface area contributed by atoms with Gasteiger partial charge in [0.05, 0.1) is 12.7 Å². The summed E-state index contributed by atoms with van der Waals surface area (Å²) in [4.78, 5) is 11.0. The Bertz CT molecular complexity index is 266. The van der Waals surface area contributed by atoms with Crippen molar-refractivity contribution < 1.29 is 9.53 Å². The maximum Gasteiger partial charge on any atom is 0.338 e. The van der Waals surface area contributed by atoms with Gasteiger partial charge >= 0.3 is 5.97 Å². The molecular weight excluding hydrogens is 140 g/mol. The van der Waals surface area contributed by atoms with Crippen molar-refractivity contribution in [1.82, 2.24) is 0 Å². The summed E-state index contributed by atoms with van der Waals surface area (Å²) < 4.78 is 4.56. The summed E-state index contributed by atoms with van der Waals surface area (Å²) >= 11 is 0. The molecule has 1 radical (unpaired) electrons. The molecule has 0 heterocycles. The lowest BCUT2D eigenvalue weighted by atomic mass is 10.1. The first-order valence-corrected chi connectivity index (χ1v) is 3.30. The second kappa shape index (κ2) is 3.19. The van der Waals surface area contributed by atoms with Crippen LogP contribution >= 0.6 is 0 Å². The summed E-state index contributed by atoms with van der Waals surface area (Å²) in [6.07, 6.45) is 0. The van der Waals surface area contributed by atoms with Gasteiger partial charge < -0.3 is 4.74 Å². The highest BCUT2D eigenvalue weighted by molar-refractivity contribution is 5.90. The van der Waals surface area contributed by atoms with Crippen LogP contribution in [0.25, 0.3) is 0 Å². The van der Waals surface area contributed by atoms with Crippen LogP contribution in [-0.4, -0.2) is 13.1 Å². The molecule has 0 unspecified atom stereocenters. The normalized spacial score (nSPS) is 9.27. The van der Waals surface area contributed by atoms with Crippen molar-refractivity contribution in [3.8, 4) is 0 Å². The number of esters is 1. The molecule has 0 aliphatic heterocycles. The van der Waals surface area contributed by atoms with Crippen molar-refractivity contribution in [2.75, 3.05) is 7.11 Å². The number of hydrogen-bond donors (Lipinski definition) is 0. The van der Waals surface area contributed by atoms with Gasteiger partial charge in [0.15, 0.2) is 0 Å². The lowest BCUT2D eigenvalue weighted by molar-refractivity contribution is 0.0600. The van der Waals surface area contributed by atoms with E-state index >= 15 is 0 Å². The molecule has 57 valence electrons. The molecule has 0 amide bonds. The van der Waals surface area contributed by atoms with Crippen LogP contribution in [-0.2, 0) is 4.74 Å². The summed E-state index contributed by atoms with van der Waals surface area (Å²) in [6.45, 7) is 1.86. The van der Waals surface area contributed by atoms with Crippen LogP contribution in [0.15, 0.2) is 18.2 Å². The molecule has 0 saturated heterocycles. The van der Waals surface area contributed by atoms with Crippen LogP contribution in [0, 0.1) is 13.0 Å². The van der Waals surface area contributed by atoms with E-state index in [2.05, 4.69) is 10.8 Å². The zero-order valence-electron chi connectivity index (χ0n) is 6.55. The van der Waals surface area contributed by atoms with E-state index in [9.17, 15) is 4.79 Å². The fraction of sp³-hybridized carbons (Fsp3) is 0.222. The van der Waals surface area contributed by atoms with Crippen molar-refractivity contribution in [3.05, 3.63) is 35.4 Å². The summed E-state index contributed by atoms with van der Waals surface area (Å²) in [5.41, 5.74) is 1.49. The minimum absolute atomic E-state index is 0.306. The van der Waals surface area contributed by atoms with Crippen molar-refractivity contribution in [2.24, 2.45) is 0 Å². The van der Waals surface area contributed by atoms with E-state index in [-0.39, 0.29) is 5.97 Å². The zero-order valence-corrected chi connectivity index (χ0v) is 6.55. The van der Waals surface area contributed by atoms with Crippen LogP contribution in [0.4, 0.5) is 0 Å². The first-order valence-electron chi connectivity index (χ1n) is 3.30. The van der Waals surface area contributed by atoms with E-state index in [1.165, 1.54) is 7.11 Å². The number of ether oxygens (including phenoxy) is 1. The quantitative estimate of drug-likeness (QED) is 0.567. The van der Waals surface area contributed by atoms with Gasteiger partial charge in [0.25, 0.3) is 0 Å². The molecule has 0 aliphatic carbocycles. The van der Waals surface area contributed by atoms with Gasteiger partial charge in [-0.3, -0.25) is 0 Å². The first kappa shape index (κ1) is 7.79. The monoisotopic (exact) mass is 149 g/mol. The highest BCUT2D eigenvalue weighted by Gasteiger charge is 2.06. The predicted octanol–water partition coefficient (Wildman–Crippen LogP) is 1.58. The van der Waals surface area contributed by atoms with Gasteiger partial charge in [-0.15, -0.1) is 0 Å². The molecule has 11 heavy (non-hydrogen) atoms. The molecule has 0 N–H and O–H groups in total. The minimum atomic E-state index is -0.306. The average Bonchev–Trinajstić information content (AvgIpc) is 2.04. The number of methoxy groups -OCH3 is 1. The van der Waals surface area contributed by atoms with Gasteiger partial charge in [-0.05, 0) is 24.6 Å². The highest BCUT2D eigenvalue weighted by atomic mass is 16.5. The molecule has 1 aromatic rings. The fourth-order valence-electron chi connectivity index (χ4n) is 0.838. The van der Waals surface area contributed by atoms with E-state index < -0.39 is 0 Å². The third-order valence-corrected chi connectivity index (χ3v) is 1.49. The largest absolute Gasteiger partial charge is 0.465 e. The van der Waals surface area contributed by atoms with Crippen molar-refractivity contribution >= 4 is 5.97 Å². The lowest BCUT2D eigenvalue weighted by Gasteiger charge is -2.00. The second-order valence-electron chi connectivity index (χ2n) is 2.23. The molecule has 0 aliphatic rings. The minimum Gasteiger partial charge on any atom is -0.465 e. The van der Waals surface area contributed by atoms with E-state index in [1.807, 2.05) is 13.0 Å². The molecule has 0 bridgehead atoms. The Balaban J connectivity index is 3.03. The Morgan fingerprint density at radius 3 is 2.91 bits per heavy atom. The maximum atomic E-state index is 11.0. The number of rotatable bonds is 1. The van der Waals surface area contributed by atoms with Crippen molar-refractivity contribution in [3.63, 3.8) is 0 Å². The molecule has 0 saturated carbocycles. The predicted molar refractivity (Wildman–Crippen MR) is 41.4 cm³/mol. The third kappa shape index (κ3) is 1.58. The Labute approximate surface area is 65.8 Å². The molecule has 1 aromatic carbocycles. The van der Waals surface area contributed by atoms with Crippen molar-refractivity contribution in [2.45, 2.75) is 6.92 Å². The second-order valence-corrected chi connectivity index (χ2v) is 2.23. The summed E-state index contributed by atoms with van der Waals surface area (Å²) in [6, 6.07) is 8.03. The molecule has 0 aromatic heterocycles. The Hall–Kier alpha value is -1.31. The van der Waals surface area contributed by atoms with E-state index in [0.29, 0.717) is 5.56 Å². The van der Waals surface area contributed by atoms with Crippen LogP contribution in [0.3, 0.4) is 0 Å². The van der Waals surface area contributed by atoms with Gasteiger partial charge in [-0.2, -0.15) is 0 Å². The first-order chi connectivity index (χ1) is 5.25. The molecule has 2 heteroatoms. The van der Waals surface area contributed by atoms with E-state index in [0.717, 1.165) is 5.56 Å². The molecule has 2 nitrogen and oxygen atoms in total. The fourth-order valence-corrected chi connectivity index (χ4v) is 0.838. The van der Waals surface area contributed by atoms with Crippen LogP contribution < -0.4 is 0 Å². The zero-order chi connectivity index (χ0) is 8.27. The molecule has 0 atom stereocenters. The number of carbonyl (C=O) groups is 1. The topological polar surface area (TPSA) is 26.3 Å². The van der Waals surface area contributed by atoms with Gasteiger partial charge in [0, 0.05) is 0 Å². The standard InChI is InChI=1S/C9H9O2/c1-7-5-3-4-6-8(7)9(10)11-2/h3,5-6H,1-2H3. The molecule has 0 spiro atoms. The summed E-state index contributed by atoms with van der Waals surface area (Å²) in [7, 11) is 1.37. The Morgan fingerprint density at radius 2 is 2.36 bits per heavy atom. The number of aryl methyl sites for hydroxylation is 1. The molecule has 0 fully saturated rings. The van der Waals surface area contributed by atoms with Crippen LogP contribution in [0.1, 0.15) is 15.9 Å². The SMILES string of the molecule is COC(=O)c1c[c]ccc1C. The van der Waals surface area contributed by atoms with Crippen molar-refractivity contribution in [1.29, 1.82) is 0 Å². The number of benzene rings is 1. The van der Waals surface area contributed by atoms with Crippen LogP contribution in [0.5, 0.6) is 0 Å². The molecule has 1 rings (SSSR count). The number of carbonyl (C=O) groups excluding carboxylic acids is 1. The highest BCUT2D eigenvalue weighted by Crippen LogP contribution is 2.06. The third-order valence-electron chi connectivity index (χ3n) is 1.49.